The van der Waals surface area contributed by atoms with Gasteiger partial charge in [0.15, 0.2) is 0 Å². The highest BCUT2D eigenvalue weighted by atomic mass is 16.4. The average Bonchev–Trinajstić information content (AvgIpc) is 2.38. The van der Waals surface area contributed by atoms with Gasteiger partial charge in [0.05, 0.1) is 18.1 Å². The maximum Gasteiger partial charge on any atom is 0.305 e. The van der Waals surface area contributed by atoms with Gasteiger partial charge in [0.1, 0.15) is 5.82 Å². The van der Waals surface area contributed by atoms with Crippen LogP contribution in [0, 0.1) is 18.3 Å². The van der Waals surface area contributed by atoms with Gasteiger partial charge in [0, 0.05) is 18.3 Å². The SMILES string of the molecule is Cc1cc(C#N)cc(N2CCCCC2CC(=O)O)n1. The van der Waals surface area contributed by atoms with Crippen LogP contribution >= 0.6 is 0 Å². The maximum atomic E-state index is 10.9. The lowest BCUT2D eigenvalue weighted by Gasteiger charge is -2.36. The van der Waals surface area contributed by atoms with Gasteiger partial charge >= 0.3 is 5.97 Å². The molecule has 100 valence electrons. The van der Waals surface area contributed by atoms with Crippen molar-refractivity contribution in [3.8, 4) is 6.07 Å². The predicted molar refractivity (Wildman–Crippen MR) is 70.9 cm³/mol. The molecule has 0 saturated carbocycles. The minimum Gasteiger partial charge on any atom is -0.481 e. The zero-order valence-corrected chi connectivity index (χ0v) is 11.0. The molecule has 5 nitrogen and oxygen atoms in total. The highest BCUT2D eigenvalue weighted by molar-refractivity contribution is 5.68. The van der Waals surface area contributed by atoms with Crippen molar-refractivity contribution in [2.24, 2.45) is 0 Å². The Hall–Kier alpha value is -2.09. The van der Waals surface area contributed by atoms with E-state index in [0.717, 1.165) is 37.3 Å². The molecule has 0 radical (unpaired) electrons. The molecule has 1 aromatic heterocycles. The van der Waals surface area contributed by atoms with E-state index in [2.05, 4.69) is 11.1 Å². The molecule has 0 bridgehead atoms. The van der Waals surface area contributed by atoms with Gasteiger partial charge in [-0.15, -0.1) is 0 Å². The summed E-state index contributed by atoms with van der Waals surface area (Å²) in [6, 6.07) is 5.58. The highest BCUT2D eigenvalue weighted by Crippen LogP contribution is 2.26. The number of nitrogens with zero attached hydrogens (tertiary/aromatic N) is 3. The Bertz CT molecular complexity index is 522. The summed E-state index contributed by atoms with van der Waals surface area (Å²) in [5, 5.41) is 18.0. The summed E-state index contributed by atoms with van der Waals surface area (Å²) in [6.07, 6.45) is 3.07. The number of hydrogen-bond acceptors (Lipinski definition) is 4. The zero-order valence-electron chi connectivity index (χ0n) is 11.0. The van der Waals surface area contributed by atoms with E-state index in [1.54, 1.807) is 12.1 Å². The van der Waals surface area contributed by atoms with Gasteiger partial charge in [-0.25, -0.2) is 4.98 Å². The molecule has 2 heterocycles. The smallest absolute Gasteiger partial charge is 0.305 e. The molecule has 5 heteroatoms. The Kier molecular flexibility index (Phi) is 4.00. The van der Waals surface area contributed by atoms with Crippen molar-refractivity contribution in [3.05, 3.63) is 23.4 Å². The van der Waals surface area contributed by atoms with Crippen LogP contribution in [0.4, 0.5) is 5.82 Å². The lowest BCUT2D eigenvalue weighted by atomic mass is 9.99. The molecule has 1 atom stereocenters. The molecule has 1 unspecified atom stereocenters. The molecule has 19 heavy (non-hydrogen) atoms. The van der Waals surface area contributed by atoms with Gasteiger partial charge in [0.25, 0.3) is 0 Å². The van der Waals surface area contributed by atoms with Crippen LogP contribution in [-0.2, 0) is 4.79 Å². The maximum absolute atomic E-state index is 10.9. The number of pyridine rings is 1. The normalized spacial score (nSPS) is 18.9. The second-order valence-electron chi connectivity index (χ2n) is 4.91. The van der Waals surface area contributed by atoms with Gasteiger partial charge < -0.3 is 10.0 Å². The third-order valence-corrected chi connectivity index (χ3v) is 3.40. The Morgan fingerprint density at radius 3 is 3.05 bits per heavy atom. The Balaban J connectivity index is 2.29. The standard InChI is InChI=1S/C14H17N3O2/c1-10-6-11(9-15)7-13(16-10)17-5-3-2-4-12(17)8-14(18)19/h6-7,12H,2-5,8H2,1H3,(H,18,19). The van der Waals surface area contributed by atoms with E-state index in [1.165, 1.54) is 0 Å². The number of aliphatic carboxylic acids is 1. The van der Waals surface area contributed by atoms with Gasteiger partial charge in [-0.1, -0.05) is 0 Å². The van der Waals surface area contributed by atoms with E-state index in [0.29, 0.717) is 5.56 Å². The summed E-state index contributed by atoms with van der Waals surface area (Å²) in [7, 11) is 0. The van der Waals surface area contributed by atoms with Gasteiger partial charge in [-0.3, -0.25) is 4.79 Å². The molecule has 1 aromatic rings. The van der Waals surface area contributed by atoms with E-state index < -0.39 is 5.97 Å². The second-order valence-corrected chi connectivity index (χ2v) is 4.91. The largest absolute Gasteiger partial charge is 0.481 e. The van der Waals surface area contributed by atoms with Crippen LogP contribution in [-0.4, -0.2) is 28.6 Å². The van der Waals surface area contributed by atoms with Crippen LogP contribution in [0.15, 0.2) is 12.1 Å². The first kappa shape index (κ1) is 13.3. The van der Waals surface area contributed by atoms with Crippen molar-refractivity contribution in [1.29, 1.82) is 5.26 Å². The zero-order chi connectivity index (χ0) is 13.8. The van der Waals surface area contributed by atoms with Crippen LogP contribution in [0.2, 0.25) is 0 Å². The third-order valence-electron chi connectivity index (χ3n) is 3.40. The number of carboxylic acid groups (broad SMARTS) is 1. The number of rotatable bonds is 3. The second kappa shape index (κ2) is 5.70. The average molecular weight is 259 g/mol. The summed E-state index contributed by atoms with van der Waals surface area (Å²) >= 11 is 0. The minimum absolute atomic E-state index is 0.0212. The Labute approximate surface area is 112 Å². The highest BCUT2D eigenvalue weighted by Gasteiger charge is 2.26. The Morgan fingerprint density at radius 1 is 1.58 bits per heavy atom. The van der Waals surface area contributed by atoms with E-state index in [1.807, 2.05) is 11.8 Å². The Morgan fingerprint density at radius 2 is 2.37 bits per heavy atom. The van der Waals surface area contributed by atoms with Crippen molar-refractivity contribution in [1.82, 2.24) is 4.98 Å². The predicted octanol–water partition coefficient (Wildman–Crippen LogP) is 2.10. The van der Waals surface area contributed by atoms with Gasteiger partial charge in [-0.2, -0.15) is 5.26 Å². The first-order valence-electron chi connectivity index (χ1n) is 6.47. The summed E-state index contributed by atoms with van der Waals surface area (Å²) in [5.41, 5.74) is 1.36. The van der Waals surface area contributed by atoms with Crippen LogP contribution in [0.3, 0.4) is 0 Å². The quantitative estimate of drug-likeness (QED) is 0.899. The molecular weight excluding hydrogens is 242 g/mol. The van der Waals surface area contributed by atoms with E-state index in [-0.39, 0.29) is 12.5 Å². The monoisotopic (exact) mass is 259 g/mol. The summed E-state index contributed by atoms with van der Waals surface area (Å²) < 4.78 is 0. The van der Waals surface area contributed by atoms with Crippen molar-refractivity contribution >= 4 is 11.8 Å². The molecular formula is C14H17N3O2. The minimum atomic E-state index is -0.787. The molecule has 1 aliphatic heterocycles. The van der Waals surface area contributed by atoms with E-state index in [9.17, 15) is 4.79 Å². The molecule has 0 amide bonds. The number of carboxylic acids is 1. The molecule has 0 aromatic carbocycles. The lowest BCUT2D eigenvalue weighted by Crippen LogP contribution is -2.41. The van der Waals surface area contributed by atoms with Crippen LogP contribution in [0.1, 0.15) is 36.9 Å². The summed E-state index contributed by atoms with van der Waals surface area (Å²) in [6.45, 7) is 2.65. The van der Waals surface area contributed by atoms with Crippen molar-refractivity contribution in [3.63, 3.8) is 0 Å². The fourth-order valence-electron chi connectivity index (χ4n) is 2.58. The molecule has 2 rings (SSSR count). The summed E-state index contributed by atoms with van der Waals surface area (Å²) in [5.74, 6) is -0.0624. The van der Waals surface area contributed by atoms with Crippen molar-refractivity contribution < 1.29 is 9.90 Å². The molecule has 1 N–H and O–H groups in total. The van der Waals surface area contributed by atoms with Crippen molar-refractivity contribution in [2.45, 2.75) is 38.6 Å². The number of aromatic nitrogens is 1. The van der Waals surface area contributed by atoms with E-state index >= 15 is 0 Å². The van der Waals surface area contributed by atoms with Crippen LogP contribution in [0.5, 0.6) is 0 Å². The van der Waals surface area contributed by atoms with E-state index in [4.69, 9.17) is 10.4 Å². The lowest BCUT2D eigenvalue weighted by molar-refractivity contribution is -0.137. The number of nitriles is 1. The first-order valence-corrected chi connectivity index (χ1v) is 6.47. The molecule has 1 aliphatic rings. The number of anilines is 1. The summed E-state index contributed by atoms with van der Waals surface area (Å²) in [4.78, 5) is 17.4. The van der Waals surface area contributed by atoms with Gasteiger partial charge in [0.2, 0.25) is 0 Å². The number of carbonyl (C=O) groups is 1. The van der Waals surface area contributed by atoms with Crippen molar-refractivity contribution in [2.75, 3.05) is 11.4 Å². The first-order chi connectivity index (χ1) is 9.10. The number of aryl methyl sites for hydroxylation is 1. The van der Waals surface area contributed by atoms with Gasteiger partial charge in [-0.05, 0) is 38.3 Å². The van der Waals surface area contributed by atoms with Crippen LogP contribution in [0.25, 0.3) is 0 Å². The van der Waals surface area contributed by atoms with Crippen LogP contribution < -0.4 is 4.90 Å². The number of hydrogen-bond donors (Lipinski definition) is 1. The third kappa shape index (κ3) is 3.22. The fourth-order valence-corrected chi connectivity index (χ4v) is 2.58. The fraction of sp³-hybridized carbons (Fsp3) is 0.500. The molecule has 1 fully saturated rings. The topological polar surface area (TPSA) is 77.2 Å². The number of piperidine rings is 1. The molecule has 0 aliphatic carbocycles. The molecule has 1 saturated heterocycles. The molecule has 0 spiro atoms.